The number of carbonyl (C=O) groups excluding carboxylic acids is 2. The minimum absolute atomic E-state index is 0.0679. The molecule has 1 aliphatic rings. The van der Waals surface area contributed by atoms with Crippen LogP contribution >= 0.6 is 11.6 Å². The predicted octanol–water partition coefficient (Wildman–Crippen LogP) is 0.869. The average Bonchev–Trinajstić information content (AvgIpc) is 2.44. The molecule has 7 heteroatoms. The summed E-state index contributed by atoms with van der Waals surface area (Å²) < 4.78 is 13.7. The Morgan fingerprint density at radius 3 is 2.81 bits per heavy atom. The lowest BCUT2D eigenvalue weighted by Gasteiger charge is -2.33. The van der Waals surface area contributed by atoms with Crippen LogP contribution in [0, 0.1) is 5.82 Å². The monoisotopic (exact) mass is 313 g/mol. The largest absolute Gasteiger partial charge is 0.358 e. The molecule has 0 unspecified atom stereocenters. The number of rotatable bonds is 4. The Labute approximate surface area is 127 Å². The molecule has 2 rings (SSSR count). The molecule has 1 aliphatic heterocycles. The van der Waals surface area contributed by atoms with Crippen LogP contribution in [0.2, 0.25) is 5.02 Å². The molecule has 0 radical (unpaired) electrons. The van der Waals surface area contributed by atoms with Crippen molar-refractivity contribution >= 4 is 23.4 Å². The second kappa shape index (κ2) is 6.87. The van der Waals surface area contributed by atoms with Crippen molar-refractivity contribution in [3.8, 4) is 0 Å². The summed E-state index contributed by atoms with van der Waals surface area (Å²) in [6, 6.07) is 4.52. The van der Waals surface area contributed by atoms with E-state index < -0.39 is 0 Å². The van der Waals surface area contributed by atoms with Crippen LogP contribution < -0.4 is 5.32 Å². The van der Waals surface area contributed by atoms with Crippen molar-refractivity contribution in [3.63, 3.8) is 0 Å². The molecular weight excluding hydrogens is 297 g/mol. The van der Waals surface area contributed by atoms with E-state index in [1.165, 1.54) is 18.0 Å². The fourth-order valence-corrected chi connectivity index (χ4v) is 2.36. The Kier molecular flexibility index (Phi) is 5.14. The van der Waals surface area contributed by atoms with Crippen molar-refractivity contribution in [3.05, 3.63) is 34.6 Å². The van der Waals surface area contributed by atoms with E-state index in [-0.39, 0.29) is 30.7 Å². The molecule has 1 saturated heterocycles. The number of likely N-dealkylation sites (N-methyl/N-ethyl adjacent to an activating group) is 1. The number of benzene rings is 1. The number of hydrogen-bond acceptors (Lipinski definition) is 3. The van der Waals surface area contributed by atoms with Gasteiger partial charge in [-0.2, -0.15) is 0 Å². The first-order chi connectivity index (χ1) is 9.99. The fourth-order valence-electron chi connectivity index (χ4n) is 2.20. The van der Waals surface area contributed by atoms with Gasteiger partial charge < -0.3 is 10.2 Å². The van der Waals surface area contributed by atoms with E-state index in [0.29, 0.717) is 30.2 Å². The maximum Gasteiger partial charge on any atom is 0.239 e. The summed E-state index contributed by atoms with van der Waals surface area (Å²) in [5.74, 6) is -0.692. The summed E-state index contributed by atoms with van der Waals surface area (Å²) in [4.78, 5) is 26.6. The van der Waals surface area contributed by atoms with Crippen LogP contribution in [0.5, 0.6) is 0 Å². The molecule has 0 atom stereocenters. The molecule has 1 fully saturated rings. The number of hydrogen-bond donors (Lipinski definition) is 1. The highest BCUT2D eigenvalue weighted by Crippen LogP contribution is 2.17. The van der Waals surface area contributed by atoms with E-state index in [1.54, 1.807) is 12.1 Å². The second-order valence-corrected chi connectivity index (χ2v) is 5.37. The van der Waals surface area contributed by atoms with Gasteiger partial charge in [-0.25, -0.2) is 4.39 Å². The molecule has 2 amide bonds. The van der Waals surface area contributed by atoms with Crippen LogP contribution in [0.3, 0.4) is 0 Å². The van der Waals surface area contributed by atoms with Gasteiger partial charge in [-0.1, -0.05) is 17.7 Å². The summed E-state index contributed by atoms with van der Waals surface area (Å²) in [7, 11) is 1.53. The molecule has 0 bridgehead atoms. The van der Waals surface area contributed by atoms with Gasteiger partial charge in [0.2, 0.25) is 11.8 Å². The Morgan fingerprint density at radius 2 is 2.19 bits per heavy atom. The van der Waals surface area contributed by atoms with Crippen molar-refractivity contribution in [1.29, 1.82) is 0 Å². The van der Waals surface area contributed by atoms with E-state index in [1.807, 2.05) is 4.90 Å². The lowest BCUT2D eigenvalue weighted by atomic mass is 10.2. The second-order valence-electron chi connectivity index (χ2n) is 4.93. The molecule has 21 heavy (non-hydrogen) atoms. The van der Waals surface area contributed by atoms with Gasteiger partial charge in [0, 0.05) is 37.3 Å². The summed E-state index contributed by atoms with van der Waals surface area (Å²) in [6.07, 6.45) is 0. The quantitative estimate of drug-likeness (QED) is 0.897. The van der Waals surface area contributed by atoms with E-state index in [4.69, 9.17) is 11.6 Å². The summed E-state index contributed by atoms with van der Waals surface area (Å²) in [6.45, 7) is 1.66. The minimum Gasteiger partial charge on any atom is -0.358 e. The maximum absolute atomic E-state index is 13.7. The Morgan fingerprint density at radius 1 is 1.43 bits per heavy atom. The highest BCUT2D eigenvalue weighted by atomic mass is 35.5. The van der Waals surface area contributed by atoms with Crippen molar-refractivity contribution in [2.45, 2.75) is 6.54 Å². The summed E-state index contributed by atoms with van der Waals surface area (Å²) in [5, 5.41) is 2.84. The fraction of sp³-hybridized carbons (Fsp3) is 0.429. The van der Waals surface area contributed by atoms with Crippen LogP contribution in [0.1, 0.15) is 5.56 Å². The zero-order valence-corrected chi connectivity index (χ0v) is 12.5. The smallest absolute Gasteiger partial charge is 0.239 e. The predicted molar refractivity (Wildman–Crippen MR) is 77.3 cm³/mol. The number of carbonyl (C=O) groups is 2. The highest BCUT2D eigenvalue weighted by molar-refractivity contribution is 6.30. The number of piperazine rings is 1. The van der Waals surface area contributed by atoms with Crippen LogP contribution in [0.25, 0.3) is 0 Å². The lowest BCUT2D eigenvalue weighted by molar-refractivity contribution is -0.140. The Hall–Kier alpha value is -1.66. The molecule has 1 aromatic carbocycles. The zero-order chi connectivity index (χ0) is 15.4. The van der Waals surface area contributed by atoms with Gasteiger partial charge in [-0.05, 0) is 12.1 Å². The summed E-state index contributed by atoms with van der Waals surface area (Å²) >= 11 is 5.71. The number of nitrogens with one attached hydrogen (secondary N) is 1. The first-order valence-corrected chi connectivity index (χ1v) is 7.02. The topological polar surface area (TPSA) is 52.7 Å². The number of nitrogens with zero attached hydrogens (tertiary/aromatic N) is 2. The third-order valence-corrected chi connectivity index (χ3v) is 3.66. The molecule has 1 heterocycles. The van der Waals surface area contributed by atoms with Gasteiger partial charge >= 0.3 is 0 Å². The van der Waals surface area contributed by atoms with E-state index in [2.05, 4.69) is 5.32 Å². The van der Waals surface area contributed by atoms with Gasteiger partial charge in [-0.15, -0.1) is 0 Å². The van der Waals surface area contributed by atoms with Gasteiger partial charge in [-0.3, -0.25) is 14.5 Å². The Balaban J connectivity index is 1.93. The molecule has 5 nitrogen and oxygen atoms in total. The minimum atomic E-state index is -0.372. The van der Waals surface area contributed by atoms with Crippen molar-refractivity contribution in [2.75, 3.05) is 33.2 Å². The highest BCUT2D eigenvalue weighted by Gasteiger charge is 2.25. The normalized spacial score (nSPS) is 16.1. The van der Waals surface area contributed by atoms with Gasteiger partial charge in [0.1, 0.15) is 5.82 Å². The van der Waals surface area contributed by atoms with E-state index in [0.717, 1.165) is 0 Å². The molecule has 1 N–H and O–H groups in total. The standard InChI is InChI=1S/C14H17ClFN3O2/c1-17-13(20)8-19-5-4-18(9-14(19)21)7-10-2-3-11(15)6-12(10)16/h2-3,6H,4-5,7-9H2,1H3,(H,17,20). The maximum atomic E-state index is 13.7. The third kappa shape index (κ3) is 4.15. The SMILES string of the molecule is CNC(=O)CN1CCN(Cc2ccc(Cl)cc2F)CC1=O. The number of halogens is 2. The average molecular weight is 314 g/mol. The van der Waals surface area contributed by atoms with Gasteiger partial charge in [0.25, 0.3) is 0 Å². The van der Waals surface area contributed by atoms with Crippen molar-refractivity contribution in [2.24, 2.45) is 0 Å². The first kappa shape index (κ1) is 15.7. The molecule has 114 valence electrons. The molecule has 1 aromatic rings. The van der Waals surface area contributed by atoms with Crippen LogP contribution in [0.15, 0.2) is 18.2 Å². The Bertz CT molecular complexity index is 553. The third-order valence-electron chi connectivity index (χ3n) is 3.42. The molecular formula is C14H17ClFN3O2. The van der Waals surface area contributed by atoms with Crippen molar-refractivity contribution < 1.29 is 14.0 Å². The molecule has 0 aromatic heterocycles. The number of amides is 2. The molecule has 0 spiro atoms. The van der Waals surface area contributed by atoms with Gasteiger partial charge in [0.15, 0.2) is 0 Å². The molecule has 0 saturated carbocycles. The van der Waals surface area contributed by atoms with Gasteiger partial charge in [0.05, 0.1) is 13.1 Å². The van der Waals surface area contributed by atoms with E-state index >= 15 is 0 Å². The van der Waals surface area contributed by atoms with Crippen molar-refractivity contribution in [1.82, 2.24) is 15.1 Å². The van der Waals surface area contributed by atoms with Crippen LogP contribution in [-0.4, -0.2) is 54.8 Å². The zero-order valence-electron chi connectivity index (χ0n) is 11.7. The lowest BCUT2D eigenvalue weighted by Crippen LogP contribution is -2.52. The summed E-state index contributed by atoms with van der Waals surface area (Å²) in [5.41, 5.74) is 0.506. The van der Waals surface area contributed by atoms with Crippen LogP contribution in [0.4, 0.5) is 4.39 Å². The van der Waals surface area contributed by atoms with E-state index in [9.17, 15) is 14.0 Å². The first-order valence-electron chi connectivity index (χ1n) is 6.64. The molecule has 0 aliphatic carbocycles. The van der Waals surface area contributed by atoms with Crippen LogP contribution in [-0.2, 0) is 16.1 Å².